The fourth-order valence-corrected chi connectivity index (χ4v) is 1.91. The molecule has 18 heavy (non-hydrogen) atoms. The molecule has 0 aliphatic carbocycles. The highest BCUT2D eigenvalue weighted by atomic mass is 35.5. The summed E-state index contributed by atoms with van der Waals surface area (Å²) in [5.74, 6) is 0.360. The van der Waals surface area contributed by atoms with Gasteiger partial charge in [-0.05, 0) is 18.6 Å². The lowest BCUT2D eigenvalue weighted by atomic mass is 10.1. The smallest absolute Gasteiger partial charge is 0.131 e. The first kappa shape index (κ1) is 12.9. The van der Waals surface area contributed by atoms with Crippen LogP contribution >= 0.6 is 11.6 Å². The van der Waals surface area contributed by atoms with E-state index in [1.54, 1.807) is 12.1 Å². The van der Waals surface area contributed by atoms with Gasteiger partial charge in [0, 0.05) is 11.6 Å². The van der Waals surface area contributed by atoms with Crippen molar-refractivity contribution in [2.75, 3.05) is 0 Å². The molecule has 0 heterocycles. The van der Waals surface area contributed by atoms with Crippen LogP contribution in [0.1, 0.15) is 16.7 Å². The molecule has 2 aromatic carbocycles. The standard InChI is InChI=1S/C15H14ClFO/c1-11-3-2-4-12(7-11)10-18-14-6-5-13(9-16)15(17)8-14/h2-8H,9-10H2,1H3. The number of benzene rings is 2. The Labute approximate surface area is 111 Å². The normalized spacial score (nSPS) is 10.4. The Morgan fingerprint density at radius 3 is 2.67 bits per heavy atom. The average molecular weight is 265 g/mol. The van der Waals surface area contributed by atoms with E-state index in [1.165, 1.54) is 11.6 Å². The van der Waals surface area contributed by atoms with Gasteiger partial charge in [-0.3, -0.25) is 0 Å². The molecule has 0 fully saturated rings. The van der Waals surface area contributed by atoms with Crippen LogP contribution in [0.5, 0.6) is 5.75 Å². The van der Waals surface area contributed by atoms with E-state index in [9.17, 15) is 4.39 Å². The van der Waals surface area contributed by atoms with E-state index in [4.69, 9.17) is 16.3 Å². The predicted octanol–water partition coefficient (Wildman–Crippen LogP) is 4.45. The molecule has 0 bridgehead atoms. The van der Waals surface area contributed by atoms with E-state index in [0.717, 1.165) is 5.56 Å². The molecule has 0 saturated carbocycles. The Kier molecular flexibility index (Phi) is 4.21. The summed E-state index contributed by atoms with van der Waals surface area (Å²) in [4.78, 5) is 0. The highest BCUT2D eigenvalue weighted by molar-refractivity contribution is 6.17. The molecule has 94 valence electrons. The zero-order chi connectivity index (χ0) is 13.0. The quantitative estimate of drug-likeness (QED) is 0.741. The van der Waals surface area contributed by atoms with Crippen molar-refractivity contribution in [3.05, 3.63) is 65.0 Å². The van der Waals surface area contributed by atoms with Gasteiger partial charge in [0.15, 0.2) is 0 Å². The van der Waals surface area contributed by atoms with Crippen molar-refractivity contribution < 1.29 is 9.13 Å². The number of halogens is 2. The van der Waals surface area contributed by atoms with Crippen molar-refractivity contribution in [1.29, 1.82) is 0 Å². The number of aryl methyl sites for hydroxylation is 1. The molecular formula is C15H14ClFO. The van der Waals surface area contributed by atoms with E-state index in [1.807, 2.05) is 31.2 Å². The first-order valence-corrected chi connectivity index (χ1v) is 6.25. The van der Waals surface area contributed by atoms with Crippen LogP contribution < -0.4 is 4.74 Å². The maximum absolute atomic E-state index is 13.5. The summed E-state index contributed by atoms with van der Waals surface area (Å²) in [6.45, 7) is 2.46. The second-order valence-electron chi connectivity index (χ2n) is 4.16. The van der Waals surface area contributed by atoms with Crippen LogP contribution in [0.3, 0.4) is 0 Å². The maximum atomic E-state index is 13.5. The predicted molar refractivity (Wildman–Crippen MR) is 71.5 cm³/mol. The number of ether oxygens (including phenoxy) is 1. The van der Waals surface area contributed by atoms with Gasteiger partial charge in [-0.15, -0.1) is 11.6 Å². The molecule has 0 atom stereocenters. The first-order valence-electron chi connectivity index (χ1n) is 5.72. The maximum Gasteiger partial charge on any atom is 0.131 e. The molecule has 0 unspecified atom stereocenters. The minimum Gasteiger partial charge on any atom is -0.489 e. The molecule has 0 spiro atoms. The van der Waals surface area contributed by atoms with Crippen LogP contribution in [0.2, 0.25) is 0 Å². The van der Waals surface area contributed by atoms with Crippen LogP contribution in [0.15, 0.2) is 42.5 Å². The summed E-state index contributed by atoms with van der Waals surface area (Å²) in [6, 6.07) is 12.8. The minimum absolute atomic E-state index is 0.171. The first-order chi connectivity index (χ1) is 8.69. The van der Waals surface area contributed by atoms with Gasteiger partial charge in [0.2, 0.25) is 0 Å². The Balaban J connectivity index is 2.04. The van der Waals surface area contributed by atoms with Gasteiger partial charge in [-0.1, -0.05) is 35.9 Å². The third kappa shape index (κ3) is 3.23. The summed E-state index contributed by atoms with van der Waals surface area (Å²) >= 11 is 5.59. The average Bonchev–Trinajstić information content (AvgIpc) is 2.37. The number of hydrogen-bond donors (Lipinski definition) is 0. The number of rotatable bonds is 4. The van der Waals surface area contributed by atoms with Gasteiger partial charge in [-0.25, -0.2) is 4.39 Å². The summed E-state index contributed by atoms with van der Waals surface area (Å²) in [7, 11) is 0. The van der Waals surface area contributed by atoms with Crippen LogP contribution in [0, 0.1) is 12.7 Å². The van der Waals surface area contributed by atoms with Gasteiger partial charge in [-0.2, -0.15) is 0 Å². The Morgan fingerprint density at radius 1 is 1.17 bits per heavy atom. The Morgan fingerprint density at radius 2 is 2.00 bits per heavy atom. The molecule has 3 heteroatoms. The highest BCUT2D eigenvalue weighted by Gasteiger charge is 2.03. The van der Waals surface area contributed by atoms with E-state index in [2.05, 4.69) is 0 Å². The lowest BCUT2D eigenvalue weighted by molar-refractivity contribution is 0.304. The van der Waals surface area contributed by atoms with Gasteiger partial charge in [0.1, 0.15) is 18.2 Å². The van der Waals surface area contributed by atoms with Gasteiger partial charge in [0.25, 0.3) is 0 Å². The zero-order valence-corrected chi connectivity index (χ0v) is 10.9. The SMILES string of the molecule is Cc1cccc(COc2ccc(CCl)c(F)c2)c1. The summed E-state index contributed by atoms with van der Waals surface area (Å²) in [5, 5.41) is 0. The molecule has 1 nitrogen and oxygen atoms in total. The van der Waals surface area contributed by atoms with Crippen molar-refractivity contribution in [1.82, 2.24) is 0 Å². The summed E-state index contributed by atoms with van der Waals surface area (Å²) in [6.07, 6.45) is 0. The van der Waals surface area contributed by atoms with Gasteiger partial charge in [0.05, 0.1) is 5.88 Å². The molecule has 2 rings (SSSR count). The molecule has 0 aromatic heterocycles. The largest absolute Gasteiger partial charge is 0.489 e. The topological polar surface area (TPSA) is 9.23 Å². The molecule has 2 aromatic rings. The van der Waals surface area contributed by atoms with Crippen molar-refractivity contribution >= 4 is 11.6 Å². The molecule has 0 aliphatic rings. The van der Waals surface area contributed by atoms with E-state index >= 15 is 0 Å². The van der Waals surface area contributed by atoms with Gasteiger partial charge >= 0.3 is 0 Å². The second kappa shape index (κ2) is 5.87. The molecule has 0 saturated heterocycles. The Bertz CT molecular complexity index is 540. The van der Waals surface area contributed by atoms with E-state index in [-0.39, 0.29) is 11.7 Å². The molecule has 0 amide bonds. The van der Waals surface area contributed by atoms with Crippen LogP contribution in [0.4, 0.5) is 4.39 Å². The molecular weight excluding hydrogens is 251 g/mol. The van der Waals surface area contributed by atoms with Crippen molar-refractivity contribution in [2.24, 2.45) is 0 Å². The monoisotopic (exact) mass is 264 g/mol. The molecule has 0 aliphatic heterocycles. The summed E-state index contributed by atoms with van der Waals surface area (Å²) < 4.78 is 19.0. The van der Waals surface area contributed by atoms with Crippen molar-refractivity contribution in [3.8, 4) is 5.75 Å². The van der Waals surface area contributed by atoms with Crippen LogP contribution in [-0.4, -0.2) is 0 Å². The van der Waals surface area contributed by atoms with E-state index in [0.29, 0.717) is 17.9 Å². The van der Waals surface area contributed by atoms with E-state index < -0.39 is 0 Å². The third-order valence-corrected chi connectivity index (χ3v) is 2.94. The van der Waals surface area contributed by atoms with Crippen molar-refractivity contribution in [3.63, 3.8) is 0 Å². The fourth-order valence-electron chi connectivity index (χ4n) is 1.69. The highest BCUT2D eigenvalue weighted by Crippen LogP contribution is 2.19. The number of alkyl halides is 1. The zero-order valence-electron chi connectivity index (χ0n) is 10.1. The minimum atomic E-state index is -0.327. The molecule has 0 radical (unpaired) electrons. The Hall–Kier alpha value is -1.54. The molecule has 0 N–H and O–H groups in total. The fraction of sp³-hybridized carbons (Fsp3) is 0.200. The lowest BCUT2D eigenvalue weighted by Gasteiger charge is -2.08. The second-order valence-corrected chi connectivity index (χ2v) is 4.43. The van der Waals surface area contributed by atoms with Crippen molar-refractivity contribution in [2.45, 2.75) is 19.4 Å². The number of hydrogen-bond acceptors (Lipinski definition) is 1. The van der Waals surface area contributed by atoms with Crippen LogP contribution in [0.25, 0.3) is 0 Å². The van der Waals surface area contributed by atoms with Gasteiger partial charge < -0.3 is 4.74 Å². The van der Waals surface area contributed by atoms with Crippen LogP contribution in [-0.2, 0) is 12.5 Å². The lowest BCUT2D eigenvalue weighted by Crippen LogP contribution is -1.97. The third-order valence-electron chi connectivity index (χ3n) is 2.66. The summed E-state index contributed by atoms with van der Waals surface area (Å²) in [5.41, 5.74) is 2.73.